The standard InChI is InChI=1S/C19H34O4/c1-2-3-4-5-6-7-8-15-13-22-19(23-14-15)17-11-9-16(10-12-17)18(20)21/h15-17,19H,2-14H2,1H3,(H,20,21). The Kier molecular flexibility index (Phi) is 8.38. The number of ether oxygens (including phenoxy) is 2. The van der Waals surface area contributed by atoms with E-state index < -0.39 is 5.97 Å². The van der Waals surface area contributed by atoms with Crippen LogP contribution in [0.1, 0.15) is 77.6 Å². The fraction of sp³-hybridized carbons (Fsp3) is 0.947. The first-order valence-electron chi connectivity index (χ1n) is 9.66. The minimum atomic E-state index is -0.645. The summed E-state index contributed by atoms with van der Waals surface area (Å²) in [5, 5.41) is 9.06. The molecule has 0 aromatic heterocycles. The minimum absolute atomic E-state index is 0.0921. The number of rotatable bonds is 9. The molecule has 2 aliphatic rings. The highest BCUT2D eigenvalue weighted by molar-refractivity contribution is 5.69. The van der Waals surface area contributed by atoms with Crippen molar-refractivity contribution >= 4 is 5.97 Å². The lowest BCUT2D eigenvalue weighted by atomic mass is 9.81. The summed E-state index contributed by atoms with van der Waals surface area (Å²) < 4.78 is 11.9. The molecule has 0 aromatic rings. The molecule has 1 saturated carbocycles. The van der Waals surface area contributed by atoms with Crippen molar-refractivity contribution in [3.05, 3.63) is 0 Å². The molecule has 0 spiro atoms. The van der Waals surface area contributed by atoms with Crippen molar-refractivity contribution in [1.82, 2.24) is 0 Å². The molecule has 1 aliphatic heterocycles. The van der Waals surface area contributed by atoms with Crippen LogP contribution in [0.25, 0.3) is 0 Å². The topological polar surface area (TPSA) is 55.8 Å². The molecule has 2 fully saturated rings. The first-order chi connectivity index (χ1) is 11.2. The van der Waals surface area contributed by atoms with Gasteiger partial charge in [0.2, 0.25) is 0 Å². The number of carboxylic acids is 1. The van der Waals surface area contributed by atoms with E-state index in [2.05, 4.69) is 6.92 Å². The van der Waals surface area contributed by atoms with E-state index in [-0.39, 0.29) is 12.2 Å². The fourth-order valence-electron chi connectivity index (χ4n) is 3.85. The van der Waals surface area contributed by atoms with Crippen LogP contribution >= 0.6 is 0 Å². The van der Waals surface area contributed by atoms with Crippen LogP contribution < -0.4 is 0 Å². The summed E-state index contributed by atoms with van der Waals surface area (Å²) >= 11 is 0. The molecule has 0 aromatic carbocycles. The van der Waals surface area contributed by atoms with E-state index in [1.165, 1.54) is 44.9 Å². The molecule has 0 bridgehead atoms. The van der Waals surface area contributed by atoms with Gasteiger partial charge >= 0.3 is 5.97 Å². The molecule has 4 heteroatoms. The van der Waals surface area contributed by atoms with Gasteiger partial charge in [0.25, 0.3) is 0 Å². The smallest absolute Gasteiger partial charge is 0.306 e. The van der Waals surface area contributed by atoms with Crippen LogP contribution in [0.5, 0.6) is 0 Å². The Hall–Kier alpha value is -0.610. The monoisotopic (exact) mass is 326 g/mol. The third kappa shape index (κ3) is 6.42. The maximum absolute atomic E-state index is 11.0. The molecule has 1 N–H and O–H groups in total. The Balaban J connectivity index is 1.55. The quantitative estimate of drug-likeness (QED) is 0.628. The van der Waals surface area contributed by atoms with Crippen molar-refractivity contribution < 1.29 is 19.4 Å². The molecule has 4 nitrogen and oxygen atoms in total. The Morgan fingerprint density at radius 3 is 2.17 bits per heavy atom. The number of unbranched alkanes of at least 4 members (excludes halogenated alkanes) is 5. The SMILES string of the molecule is CCCCCCCCC1COC(C2CCC(C(=O)O)CC2)OC1. The normalized spacial score (nSPS) is 31.9. The van der Waals surface area contributed by atoms with Crippen LogP contribution in [0.2, 0.25) is 0 Å². The van der Waals surface area contributed by atoms with Gasteiger partial charge < -0.3 is 14.6 Å². The molecule has 0 atom stereocenters. The maximum atomic E-state index is 11.0. The van der Waals surface area contributed by atoms with Crippen LogP contribution in [0, 0.1) is 17.8 Å². The molecular weight excluding hydrogens is 292 g/mol. The van der Waals surface area contributed by atoms with Crippen LogP contribution in [0.15, 0.2) is 0 Å². The lowest BCUT2D eigenvalue weighted by molar-refractivity contribution is -0.230. The first-order valence-corrected chi connectivity index (χ1v) is 9.66. The van der Waals surface area contributed by atoms with Crippen LogP contribution in [-0.4, -0.2) is 30.6 Å². The molecule has 2 rings (SSSR count). The molecule has 23 heavy (non-hydrogen) atoms. The first kappa shape index (κ1) is 18.7. The van der Waals surface area contributed by atoms with Gasteiger partial charge in [0.05, 0.1) is 19.1 Å². The number of aliphatic carboxylic acids is 1. The van der Waals surface area contributed by atoms with Gasteiger partial charge in [0, 0.05) is 11.8 Å². The lowest BCUT2D eigenvalue weighted by Gasteiger charge is -2.37. The van der Waals surface area contributed by atoms with Crippen molar-refractivity contribution in [3.63, 3.8) is 0 Å². The van der Waals surface area contributed by atoms with Gasteiger partial charge in [0.1, 0.15) is 0 Å². The van der Waals surface area contributed by atoms with E-state index in [1.54, 1.807) is 0 Å². The third-order valence-corrected chi connectivity index (χ3v) is 5.46. The maximum Gasteiger partial charge on any atom is 0.306 e. The Morgan fingerprint density at radius 2 is 1.57 bits per heavy atom. The molecule has 0 unspecified atom stereocenters. The zero-order chi connectivity index (χ0) is 16.5. The van der Waals surface area contributed by atoms with E-state index in [1.807, 2.05) is 0 Å². The van der Waals surface area contributed by atoms with Crippen molar-refractivity contribution in [2.24, 2.45) is 17.8 Å². The fourth-order valence-corrected chi connectivity index (χ4v) is 3.85. The summed E-state index contributed by atoms with van der Waals surface area (Å²) in [5.41, 5.74) is 0. The predicted octanol–water partition coefficient (Wildman–Crippen LogP) is 4.62. The average molecular weight is 326 g/mol. The summed E-state index contributed by atoms with van der Waals surface area (Å²) in [6.45, 7) is 3.89. The van der Waals surface area contributed by atoms with E-state index in [4.69, 9.17) is 14.6 Å². The zero-order valence-corrected chi connectivity index (χ0v) is 14.7. The van der Waals surface area contributed by atoms with Gasteiger partial charge in [-0.3, -0.25) is 4.79 Å². The molecule has 0 radical (unpaired) electrons. The average Bonchev–Trinajstić information content (AvgIpc) is 2.58. The number of hydrogen-bond donors (Lipinski definition) is 1. The largest absolute Gasteiger partial charge is 0.481 e. The Bertz CT molecular complexity index is 328. The van der Waals surface area contributed by atoms with Crippen LogP contribution in [0.4, 0.5) is 0 Å². The Morgan fingerprint density at radius 1 is 0.957 bits per heavy atom. The second-order valence-electron chi connectivity index (χ2n) is 7.41. The van der Waals surface area contributed by atoms with Crippen molar-refractivity contribution in [1.29, 1.82) is 0 Å². The van der Waals surface area contributed by atoms with Crippen molar-refractivity contribution in [3.8, 4) is 0 Å². The molecule has 1 heterocycles. The second kappa shape index (κ2) is 10.3. The van der Waals surface area contributed by atoms with Gasteiger partial charge in [-0.05, 0) is 32.1 Å². The molecule has 1 saturated heterocycles. The molecule has 134 valence electrons. The van der Waals surface area contributed by atoms with Gasteiger partial charge in [-0.25, -0.2) is 0 Å². The highest BCUT2D eigenvalue weighted by Crippen LogP contribution is 2.34. The molecular formula is C19H34O4. The minimum Gasteiger partial charge on any atom is -0.481 e. The number of carboxylic acid groups (broad SMARTS) is 1. The highest BCUT2D eigenvalue weighted by atomic mass is 16.7. The second-order valence-corrected chi connectivity index (χ2v) is 7.41. The summed E-state index contributed by atoms with van der Waals surface area (Å²) in [6.07, 6.45) is 12.5. The van der Waals surface area contributed by atoms with Gasteiger partial charge in [-0.15, -0.1) is 0 Å². The van der Waals surface area contributed by atoms with Gasteiger partial charge in [-0.1, -0.05) is 45.4 Å². The highest BCUT2D eigenvalue weighted by Gasteiger charge is 2.34. The summed E-state index contributed by atoms with van der Waals surface area (Å²) in [4.78, 5) is 11.0. The number of hydrogen-bond acceptors (Lipinski definition) is 3. The molecule has 0 amide bonds. The van der Waals surface area contributed by atoms with E-state index in [0.29, 0.717) is 11.8 Å². The van der Waals surface area contributed by atoms with Gasteiger partial charge in [0.15, 0.2) is 6.29 Å². The number of carbonyl (C=O) groups is 1. The summed E-state index contributed by atoms with van der Waals surface area (Å²) in [7, 11) is 0. The summed E-state index contributed by atoms with van der Waals surface area (Å²) in [5.74, 6) is 0.136. The van der Waals surface area contributed by atoms with E-state index in [0.717, 1.165) is 38.9 Å². The third-order valence-electron chi connectivity index (χ3n) is 5.46. The van der Waals surface area contributed by atoms with Crippen LogP contribution in [0.3, 0.4) is 0 Å². The van der Waals surface area contributed by atoms with Crippen molar-refractivity contribution in [2.45, 2.75) is 83.8 Å². The lowest BCUT2D eigenvalue weighted by Crippen LogP contribution is -2.39. The predicted molar refractivity (Wildman–Crippen MR) is 90.3 cm³/mol. The Labute approximate surface area is 140 Å². The van der Waals surface area contributed by atoms with E-state index >= 15 is 0 Å². The van der Waals surface area contributed by atoms with Crippen LogP contribution in [-0.2, 0) is 14.3 Å². The zero-order valence-electron chi connectivity index (χ0n) is 14.7. The van der Waals surface area contributed by atoms with E-state index in [9.17, 15) is 4.79 Å². The van der Waals surface area contributed by atoms with Crippen molar-refractivity contribution in [2.75, 3.05) is 13.2 Å². The summed E-state index contributed by atoms with van der Waals surface area (Å²) in [6, 6.07) is 0. The van der Waals surface area contributed by atoms with Gasteiger partial charge in [-0.2, -0.15) is 0 Å². The molecule has 1 aliphatic carbocycles.